The van der Waals surface area contributed by atoms with E-state index in [9.17, 15) is 9.59 Å². The van der Waals surface area contributed by atoms with E-state index in [1.54, 1.807) is 37.3 Å². The summed E-state index contributed by atoms with van der Waals surface area (Å²) >= 11 is 0. The number of hydrogen-bond donors (Lipinski definition) is 1. The maximum absolute atomic E-state index is 15.2. The molecule has 3 rings (SSSR count). The van der Waals surface area contributed by atoms with Gasteiger partial charge in [-0.15, -0.1) is 0 Å². The smallest absolute Gasteiger partial charge is 0.257 e. The van der Waals surface area contributed by atoms with E-state index in [1.165, 1.54) is 13.0 Å². The van der Waals surface area contributed by atoms with Crippen LogP contribution >= 0.6 is 0 Å². The second-order valence-corrected chi connectivity index (χ2v) is 6.98. The number of aliphatic imine (C=N–C) groups is 1. The summed E-state index contributed by atoms with van der Waals surface area (Å²) in [5.74, 6) is -1.80. The predicted molar refractivity (Wildman–Crippen MR) is 96.6 cm³/mol. The Morgan fingerprint density at radius 1 is 1.35 bits per heavy atom. The van der Waals surface area contributed by atoms with Crippen molar-refractivity contribution < 1.29 is 18.7 Å². The average Bonchev–Trinajstić information content (AvgIpc) is 2.85. The Morgan fingerprint density at radius 3 is 2.62 bits per heavy atom. The maximum Gasteiger partial charge on any atom is 0.257 e. The zero-order valence-corrected chi connectivity index (χ0v) is 15.1. The molecule has 0 bridgehead atoms. The molecule has 1 aromatic rings. The number of alkyl halides is 1. The molecule has 5 atom stereocenters. The molecular formula is C20H23FN2O3. The molecule has 0 radical (unpaired) electrons. The average molecular weight is 358 g/mol. The van der Waals surface area contributed by atoms with E-state index in [1.807, 2.05) is 13.0 Å². The molecule has 138 valence electrons. The van der Waals surface area contributed by atoms with Gasteiger partial charge in [-0.05, 0) is 31.6 Å². The van der Waals surface area contributed by atoms with Gasteiger partial charge in [0.15, 0.2) is 0 Å². The normalized spacial score (nSPS) is 33.8. The van der Waals surface area contributed by atoms with Crippen LogP contribution in [0.15, 0.2) is 47.5 Å². The van der Waals surface area contributed by atoms with Crippen LogP contribution < -0.4 is 5.32 Å². The van der Waals surface area contributed by atoms with Crippen LogP contribution in [0.1, 0.15) is 37.6 Å². The molecule has 2 amide bonds. The van der Waals surface area contributed by atoms with Gasteiger partial charge in [0.25, 0.3) is 11.8 Å². The van der Waals surface area contributed by atoms with E-state index >= 15 is 4.39 Å². The molecule has 0 saturated carbocycles. The predicted octanol–water partition coefficient (Wildman–Crippen LogP) is 3.07. The van der Waals surface area contributed by atoms with Gasteiger partial charge in [0, 0.05) is 11.5 Å². The SMILES string of the molecule is CC[C@H]1O[C@@H](C2C=CC(NC(=O)c3ccccc3)=NC2=O)[C@](C)(F)C1C. The summed E-state index contributed by atoms with van der Waals surface area (Å²) in [4.78, 5) is 28.6. The van der Waals surface area contributed by atoms with Gasteiger partial charge in [0.05, 0.1) is 12.0 Å². The van der Waals surface area contributed by atoms with Crippen LogP contribution in [0.4, 0.5) is 4.39 Å². The second-order valence-electron chi connectivity index (χ2n) is 6.98. The van der Waals surface area contributed by atoms with E-state index in [-0.39, 0.29) is 23.8 Å². The molecule has 2 unspecified atom stereocenters. The van der Waals surface area contributed by atoms with Crippen molar-refractivity contribution in [3.05, 3.63) is 48.0 Å². The summed E-state index contributed by atoms with van der Waals surface area (Å²) in [5.41, 5.74) is -1.15. The highest BCUT2D eigenvalue weighted by Gasteiger charge is 2.55. The van der Waals surface area contributed by atoms with Gasteiger partial charge in [0.1, 0.15) is 17.6 Å². The van der Waals surface area contributed by atoms with Gasteiger partial charge in [-0.3, -0.25) is 9.59 Å². The highest BCUT2D eigenvalue weighted by Crippen LogP contribution is 2.44. The van der Waals surface area contributed by atoms with E-state index in [0.717, 1.165) is 0 Å². The molecule has 0 aliphatic carbocycles. The molecule has 5 nitrogen and oxygen atoms in total. The topological polar surface area (TPSA) is 67.8 Å². The minimum Gasteiger partial charge on any atom is -0.370 e. The van der Waals surface area contributed by atoms with Crippen LogP contribution in [-0.2, 0) is 9.53 Å². The first-order valence-corrected chi connectivity index (χ1v) is 8.86. The molecule has 0 aromatic heterocycles. The lowest BCUT2D eigenvalue weighted by Crippen LogP contribution is -2.44. The molecule has 1 aromatic carbocycles. The first-order chi connectivity index (χ1) is 12.3. The molecular weight excluding hydrogens is 335 g/mol. The lowest BCUT2D eigenvalue weighted by atomic mass is 9.81. The zero-order chi connectivity index (χ0) is 18.9. The number of nitrogens with one attached hydrogen (secondary N) is 1. The fraction of sp³-hybridized carbons (Fsp3) is 0.450. The number of hydrogen-bond acceptors (Lipinski definition) is 3. The lowest BCUT2D eigenvalue weighted by molar-refractivity contribution is -0.127. The number of halogens is 1. The summed E-state index contributed by atoms with van der Waals surface area (Å²) in [6.45, 7) is 5.23. The fourth-order valence-corrected chi connectivity index (χ4v) is 3.53. The van der Waals surface area contributed by atoms with Crippen molar-refractivity contribution in [3.8, 4) is 0 Å². The van der Waals surface area contributed by atoms with Crippen LogP contribution in [0.3, 0.4) is 0 Å². The largest absolute Gasteiger partial charge is 0.370 e. The third kappa shape index (κ3) is 3.33. The van der Waals surface area contributed by atoms with Crippen LogP contribution in [0.5, 0.6) is 0 Å². The monoisotopic (exact) mass is 358 g/mol. The molecule has 1 fully saturated rings. The number of benzene rings is 1. The highest BCUT2D eigenvalue weighted by atomic mass is 19.1. The molecule has 1 N–H and O–H groups in total. The molecule has 1 saturated heterocycles. The van der Waals surface area contributed by atoms with Gasteiger partial charge >= 0.3 is 0 Å². The minimum atomic E-state index is -1.62. The summed E-state index contributed by atoms with van der Waals surface area (Å²) in [6, 6.07) is 8.64. The summed E-state index contributed by atoms with van der Waals surface area (Å²) < 4.78 is 21.0. The summed E-state index contributed by atoms with van der Waals surface area (Å²) in [7, 11) is 0. The quantitative estimate of drug-likeness (QED) is 0.903. The van der Waals surface area contributed by atoms with Gasteiger partial charge < -0.3 is 10.1 Å². The van der Waals surface area contributed by atoms with Crippen molar-refractivity contribution >= 4 is 17.6 Å². The Morgan fingerprint density at radius 2 is 2.04 bits per heavy atom. The molecule has 0 spiro atoms. The Hall–Kier alpha value is -2.34. The standard InChI is InChI=1S/C20H23FN2O3/c1-4-15-12(2)20(3,21)17(26-15)14-10-11-16(23-19(14)25)22-18(24)13-8-6-5-7-9-13/h5-12,14-15,17H,4H2,1-3H3,(H,22,23,24,25)/t12?,14?,15-,17+,20-/m1/s1. The van der Waals surface area contributed by atoms with E-state index in [4.69, 9.17) is 4.74 Å². The summed E-state index contributed by atoms with van der Waals surface area (Å²) in [5, 5.41) is 2.60. The highest BCUT2D eigenvalue weighted by molar-refractivity contribution is 6.14. The molecule has 2 aliphatic rings. The lowest BCUT2D eigenvalue weighted by Gasteiger charge is -2.29. The van der Waals surface area contributed by atoms with Gasteiger partial charge in [-0.1, -0.05) is 38.1 Å². The Balaban J connectivity index is 1.72. The molecule has 2 heterocycles. The molecule has 2 aliphatic heterocycles. The Labute approximate surface area is 152 Å². The first kappa shape index (κ1) is 18.5. The molecule has 6 heteroatoms. The van der Waals surface area contributed by atoms with Crippen LogP contribution in [0.2, 0.25) is 0 Å². The number of amides is 2. The zero-order valence-electron chi connectivity index (χ0n) is 15.1. The van der Waals surface area contributed by atoms with Crippen LogP contribution in [-0.4, -0.2) is 35.5 Å². The fourth-order valence-electron chi connectivity index (χ4n) is 3.53. The van der Waals surface area contributed by atoms with Gasteiger partial charge in [-0.2, -0.15) is 4.99 Å². The van der Waals surface area contributed by atoms with Crippen molar-refractivity contribution in [2.45, 2.75) is 45.1 Å². The third-order valence-corrected chi connectivity index (χ3v) is 5.31. The maximum atomic E-state index is 15.2. The van der Waals surface area contributed by atoms with Crippen molar-refractivity contribution in [1.82, 2.24) is 5.32 Å². The van der Waals surface area contributed by atoms with Crippen LogP contribution in [0.25, 0.3) is 0 Å². The van der Waals surface area contributed by atoms with Gasteiger partial charge in [0.2, 0.25) is 0 Å². The number of nitrogens with zero attached hydrogens (tertiary/aromatic N) is 1. The number of ether oxygens (including phenoxy) is 1. The second kappa shape index (κ2) is 7.11. The van der Waals surface area contributed by atoms with Crippen LogP contribution in [0, 0.1) is 11.8 Å². The third-order valence-electron chi connectivity index (χ3n) is 5.31. The minimum absolute atomic E-state index is 0.152. The number of dihydropyridines is 1. The number of carbonyl (C=O) groups excluding carboxylic acids is 2. The Bertz CT molecular complexity index is 758. The van der Waals surface area contributed by atoms with Crippen molar-refractivity contribution in [3.63, 3.8) is 0 Å². The van der Waals surface area contributed by atoms with E-state index in [2.05, 4.69) is 10.3 Å². The molecule has 26 heavy (non-hydrogen) atoms. The van der Waals surface area contributed by atoms with Crippen molar-refractivity contribution in [2.24, 2.45) is 16.8 Å². The number of amidine groups is 1. The van der Waals surface area contributed by atoms with E-state index in [0.29, 0.717) is 12.0 Å². The van der Waals surface area contributed by atoms with E-state index < -0.39 is 23.6 Å². The summed E-state index contributed by atoms with van der Waals surface area (Å²) in [6.07, 6.45) is 2.70. The number of carbonyl (C=O) groups is 2. The van der Waals surface area contributed by atoms with Gasteiger partial charge in [-0.25, -0.2) is 4.39 Å². The first-order valence-electron chi connectivity index (χ1n) is 8.86. The van der Waals surface area contributed by atoms with Crippen molar-refractivity contribution in [1.29, 1.82) is 0 Å². The number of rotatable bonds is 3. The Kier molecular flexibility index (Phi) is 5.05. The van der Waals surface area contributed by atoms with Crippen molar-refractivity contribution in [2.75, 3.05) is 0 Å².